The second kappa shape index (κ2) is 8.24. The molecule has 0 N–H and O–H groups in total. The minimum atomic E-state index is -0.230. The molecule has 0 saturated carbocycles. The summed E-state index contributed by atoms with van der Waals surface area (Å²) < 4.78 is 15.4. The Balaban J connectivity index is 1.66. The van der Waals surface area contributed by atoms with Crippen LogP contribution in [0.2, 0.25) is 0 Å². The number of benzene rings is 1. The van der Waals surface area contributed by atoms with E-state index in [0.29, 0.717) is 6.54 Å². The zero-order valence-corrected chi connectivity index (χ0v) is 16.1. The van der Waals surface area contributed by atoms with Gasteiger partial charge in [-0.15, -0.1) is 16.4 Å². The summed E-state index contributed by atoms with van der Waals surface area (Å²) in [5, 5.41) is 14.6. The topological polar surface area (TPSA) is 50.1 Å². The van der Waals surface area contributed by atoms with Crippen molar-refractivity contribution in [3.05, 3.63) is 63.9 Å². The van der Waals surface area contributed by atoms with Crippen molar-refractivity contribution >= 4 is 11.3 Å². The number of hydrogen-bond donors (Lipinski definition) is 0. The molecule has 0 radical (unpaired) electrons. The molecule has 0 spiro atoms. The normalized spacial score (nSPS) is 17.3. The fourth-order valence-corrected chi connectivity index (χ4v) is 4.26. The van der Waals surface area contributed by atoms with Crippen LogP contribution in [0.5, 0.6) is 0 Å². The van der Waals surface area contributed by atoms with Crippen molar-refractivity contribution in [1.29, 1.82) is 0 Å². The van der Waals surface area contributed by atoms with Gasteiger partial charge in [-0.3, -0.25) is 4.90 Å². The van der Waals surface area contributed by atoms with E-state index < -0.39 is 0 Å². The number of likely N-dealkylation sites (N-methyl/N-ethyl adjacent to an activating group) is 1. The van der Waals surface area contributed by atoms with Crippen LogP contribution in [-0.4, -0.2) is 62.7 Å². The highest BCUT2D eigenvalue weighted by Gasteiger charge is 2.30. The second-order valence-corrected chi connectivity index (χ2v) is 7.73. The summed E-state index contributed by atoms with van der Waals surface area (Å²) in [6, 6.07) is 10.7. The SMILES string of the molecule is CCN1CCN([C@@H](c2ccc(F)cc2)c2nnnn2Cc2cccs2)CC1. The van der Waals surface area contributed by atoms with Crippen LogP contribution in [0.3, 0.4) is 0 Å². The highest BCUT2D eigenvalue weighted by Crippen LogP contribution is 2.28. The molecule has 6 nitrogen and oxygen atoms in total. The van der Waals surface area contributed by atoms with Gasteiger partial charge in [0.15, 0.2) is 5.82 Å². The van der Waals surface area contributed by atoms with Crippen molar-refractivity contribution in [2.45, 2.75) is 19.5 Å². The second-order valence-electron chi connectivity index (χ2n) is 6.70. The number of nitrogens with zero attached hydrogens (tertiary/aromatic N) is 6. The van der Waals surface area contributed by atoms with Gasteiger partial charge in [0, 0.05) is 31.1 Å². The van der Waals surface area contributed by atoms with Crippen LogP contribution in [0, 0.1) is 5.82 Å². The lowest BCUT2D eigenvalue weighted by Gasteiger charge is -2.38. The molecule has 3 heterocycles. The van der Waals surface area contributed by atoms with Crippen molar-refractivity contribution in [3.63, 3.8) is 0 Å². The Labute approximate surface area is 162 Å². The maximum atomic E-state index is 13.5. The van der Waals surface area contributed by atoms with Gasteiger partial charge >= 0.3 is 0 Å². The van der Waals surface area contributed by atoms with Crippen molar-refractivity contribution in [2.75, 3.05) is 32.7 Å². The first-order chi connectivity index (χ1) is 13.2. The Morgan fingerprint density at radius 3 is 2.56 bits per heavy atom. The first kappa shape index (κ1) is 18.2. The predicted octanol–water partition coefficient (Wildman–Crippen LogP) is 2.65. The summed E-state index contributed by atoms with van der Waals surface area (Å²) in [5.41, 5.74) is 1.02. The molecule has 0 bridgehead atoms. The number of thiophene rings is 1. The highest BCUT2D eigenvalue weighted by molar-refractivity contribution is 7.09. The third-order valence-corrected chi connectivity index (χ3v) is 5.96. The summed E-state index contributed by atoms with van der Waals surface area (Å²) in [5.74, 6) is 0.575. The zero-order chi connectivity index (χ0) is 18.6. The molecular formula is C19H23FN6S. The van der Waals surface area contributed by atoms with Crippen LogP contribution >= 0.6 is 11.3 Å². The van der Waals surface area contributed by atoms with E-state index in [1.165, 1.54) is 17.0 Å². The van der Waals surface area contributed by atoms with E-state index in [-0.39, 0.29) is 11.9 Å². The molecule has 4 rings (SSSR count). The molecule has 27 heavy (non-hydrogen) atoms. The van der Waals surface area contributed by atoms with E-state index >= 15 is 0 Å². The van der Waals surface area contributed by atoms with E-state index in [1.54, 1.807) is 11.3 Å². The Morgan fingerprint density at radius 1 is 1.11 bits per heavy atom. The summed E-state index contributed by atoms with van der Waals surface area (Å²) in [4.78, 5) is 6.04. The molecule has 0 amide bonds. The Kier molecular flexibility index (Phi) is 5.56. The standard InChI is InChI=1S/C19H23FN6S/c1-2-24-9-11-25(12-10-24)18(15-5-7-16(20)8-6-15)19-21-22-23-26(19)14-17-4-3-13-27-17/h3-8,13,18H,2,9-12,14H2,1H3/t18-/m0/s1. The fourth-order valence-electron chi connectivity index (χ4n) is 3.58. The molecule has 0 unspecified atom stereocenters. The third kappa shape index (κ3) is 4.07. The van der Waals surface area contributed by atoms with Crippen molar-refractivity contribution in [3.8, 4) is 0 Å². The van der Waals surface area contributed by atoms with Crippen LogP contribution in [0.15, 0.2) is 41.8 Å². The lowest BCUT2D eigenvalue weighted by atomic mass is 10.0. The summed E-state index contributed by atoms with van der Waals surface area (Å²) in [7, 11) is 0. The average Bonchev–Trinajstić information content (AvgIpc) is 3.37. The van der Waals surface area contributed by atoms with Crippen molar-refractivity contribution in [1.82, 2.24) is 30.0 Å². The van der Waals surface area contributed by atoms with Gasteiger partial charge in [-0.05, 0) is 46.1 Å². The van der Waals surface area contributed by atoms with Gasteiger partial charge in [0.1, 0.15) is 5.82 Å². The van der Waals surface area contributed by atoms with Gasteiger partial charge in [-0.25, -0.2) is 9.07 Å². The zero-order valence-electron chi connectivity index (χ0n) is 15.3. The molecule has 1 fully saturated rings. The molecule has 1 aliphatic rings. The van der Waals surface area contributed by atoms with Crippen LogP contribution in [-0.2, 0) is 6.54 Å². The molecule has 0 aliphatic carbocycles. The molecule has 2 aromatic heterocycles. The Bertz CT molecular complexity index is 839. The van der Waals surface area contributed by atoms with Crippen LogP contribution in [0.4, 0.5) is 4.39 Å². The number of hydrogen-bond acceptors (Lipinski definition) is 6. The molecular weight excluding hydrogens is 363 g/mol. The number of aromatic nitrogens is 4. The molecule has 1 atom stereocenters. The van der Waals surface area contributed by atoms with Gasteiger partial charge in [0.05, 0.1) is 12.6 Å². The van der Waals surface area contributed by atoms with Crippen LogP contribution in [0.25, 0.3) is 0 Å². The van der Waals surface area contributed by atoms with Crippen LogP contribution in [0.1, 0.15) is 29.2 Å². The van der Waals surface area contributed by atoms with Gasteiger partial charge < -0.3 is 4.90 Å². The van der Waals surface area contributed by atoms with E-state index in [0.717, 1.165) is 44.1 Å². The first-order valence-electron chi connectivity index (χ1n) is 9.25. The minimum absolute atomic E-state index is 0.0837. The van der Waals surface area contributed by atoms with Gasteiger partial charge in [-0.1, -0.05) is 25.1 Å². The molecule has 1 aromatic carbocycles. The third-order valence-electron chi connectivity index (χ3n) is 5.09. The molecule has 142 valence electrons. The van der Waals surface area contributed by atoms with Gasteiger partial charge in [-0.2, -0.15) is 0 Å². The van der Waals surface area contributed by atoms with Crippen molar-refractivity contribution in [2.24, 2.45) is 0 Å². The predicted molar refractivity (Wildman–Crippen MR) is 103 cm³/mol. The number of tetrazole rings is 1. The smallest absolute Gasteiger partial charge is 0.173 e. The summed E-state index contributed by atoms with van der Waals surface area (Å²) in [6.07, 6.45) is 0. The molecule has 1 aliphatic heterocycles. The highest BCUT2D eigenvalue weighted by atomic mass is 32.1. The lowest BCUT2D eigenvalue weighted by Crippen LogP contribution is -2.48. The van der Waals surface area contributed by atoms with E-state index in [1.807, 2.05) is 22.9 Å². The monoisotopic (exact) mass is 386 g/mol. The summed E-state index contributed by atoms with van der Waals surface area (Å²) in [6.45, 7) is 7.79. The van der Waals surface area contributed by atoms with Gasteiger partial charge in [0.25, 0.3) is 0 Å². The Morgan fingerprint density at radius 2 is 1.89 bits per heavy atom. The number of piperazine rings is 1. The largest absolute Gasteiger partial charge is 0.301 e. The number of rotatable bonds is 6. The van der Waals surface area contributed by atoms with Gasteiger partial charge in [0.2, 0.25) is 0 Å². The van der Waals surface area contributed by atoms with Crippen molar-refractivity contribution < 1.29 is 4.39 Å². The molecule has 8 heteroatoms. The van der Waals surface area contributed by atoms with E-state index in [9.17, 15) is 4.39 Å². The molecule has 3 aromatic rings. The van der Waals surface area contributed by atoms with Crippen LogP contribution < -0.4 is 0 Å². The minimum Gasteiger partial charge on any atom is -0.301 e. The van der Waals surface area contributed by atoms with E-state index in [4.69, 9.17) is 0 Å². The first-order valence-corrected chi connectivity index (χ1v) is 10.1. The maximum Gasteiger partial charge on any atom is 0.173 e. The number of halogens is 1. The maximum absolute atomic E-state index is 13.5. The summed E-state index contributed by atoms with van der Waals surface area (Å²) >= 11 is 1.69. The average molecular weight is 387 g/mol. The quantitative estimate of drug-likeness (QED) is 0.652. The fraction of sp³-hybridized carbons (Fsp3) is 0.421. The Hall–Kier alpha value is -2.16. The lowest BCUT2D eigenvalue weighted by molar-refractivity contribution is 0.108. The molecule has 1 saturated heterocycles. The van der Waals surface area contributed by atoms with E-state index in [2.05, 4.69) is 43.7 Å².